The zero-order valence-electron chi connectivity index (χ0n) is 17.9. The van der Waals surface area contributed by atoms with Crippen molar-refractivity contribution in [2.45, 2.75) is 37.9 Å². The van der Waals surface area contributed by atoms with Gasteiger partial charge in [-0.1, -0.05) is 13.5 Å². The highest BCUT2D eigenvalue weighted by Crippen LogP contribution is 2.32. The normalized spacial score (nSPS) is 18.9. The number of aromatic nitrogens is 6. The van der Waals surface area contributed by atoms with Crippen molar-refractivity contribution in [2.75, 3.05) is 30.0 Å². The van der Waals surface area contributed by atoms with Gasteiger partial charge in [-0.3, -0.25) is 14.6 Å². The maximum absolute atomic E-state index is 12.1. The second kappa shape index (κ2) is 8.96. The van der Waals surface area contributed by atoms with Crippen LogP contribution in [0.25, 0.3) is 11.0 Å². The van der Waals surface area contributed by atoms with Crippen LogP contribution in [0, 0.1) is 5.92 Å². The molecule has 31 heavy (non-hydrogen) atoms. The number of rotatable bonds is 7. The highest BCUT2D eigenvalue weighted by Gasteiger charge is 2.29. The minimum atomic E-state index is -0.0464. The molecular weight excluding hydrogens is 414 g/mol. The molecule has 1 fully saturated rings. The van der Waals surface area contributed by atoms with E-state index in [0.29, 0.717) is 29.9 Å². The standard InChI is InChI=1S/C20H27N9OS/c1-5-15(30)28-8-7-12(3)14(11-28)23-17-16-18(26-27-19(16)31-4)25-20(24-17)22-13-9-21-29(6-2)10-13/h5,9-10,12,14H,1,6-8,11H2,2-4H3,(H3,22,23,24,25,26,27)/t12-,14+/m1/s1. The van der Waals surface area contributed by atoms with E-state index in [0.717, 1.165) is 35.6 Å². The molecule has 0 spiro atoms. The monoisotopic (exact) mass is 441 g/mol. The van der Waals surface area contributed by atoms with Gasteiger partial charge in [-0.2, -0.15) is 20.2 Å². The largest absolute Gasteiger partial charge is 0.364 e. The number of nitrogens with one attached hydrogen (secondary N) is 3. The second-order valence-corrected chi connectivity index (χ2v) is 8.36. The van der Waals surface area contributed by atoms with Gasteiger partial charge in [0, 0.05) is 31.9 Å². The summed E-state index contributed by atoms with van der Waals surface area (Å²) in [7, 11) is 0. The van der Waals surface area contributed by atoms with Crippen molar-refractivity contribution in [2.24, 2.45) is 5.92 Å². The number of likely N-dealkylation sites (tertiary alicyclic amines) is 1. The average Bonchev–Trinajstić information content (AvgIpc) is 3.41. The first-order valence-electron chi connectivity index (χ1n) is 10.3. The fraction of sp³-hybridized carbons (Fsp3) is 0.450. The number of hydrogen-bond donors (Lipinski definition) is 3. The molecule has 0 radical (unpaired) electrons. The summed E-state index contributed by atoms with van der Waals surface area (Å²) in [6.07, 6.45) is 7.90. The third-order valence-electron chi connectivity index (χ3n) is 5.56. The molecule has 0 unspecified atom stereocenters. The number of amides is 1. The minimum absolute atomic E-state index is 0.0464. The summed E-state index contributed by atoms with van der Waals surface area (Å²) in [5.41, 5.74) is 1.46. The van der Waals surface area contributed by atoms with Crippen molar-refractivity contribution in [3.63, 3.8) is 0 Å². The van der Waals surface area contributed by atoms with E-state index in [1.807, 2.05) is 29.0 Å². The van der Waals surface area contributed by atoms with E-state index in [4.69, 9.17) is 4.98 Å². The maximum atomic E-state index is 12.1. The van der Waals surface area contributed by atoms with Gasteiger partial charge in [0.15, 0.2) is 5.65 Å². The van der Waals surface area contributed by atoms with Crippen LogP contribution < -0.4 is 10.6 Å². The summed E-state index contributed by atoms with van der Waals surface area (Å²) in [4.78, 5) is 23.3. The highest BCUT2D eigenvalue weighted by atomic mass is 32.2. The van der Waals surface area contributed by atoms with Gasteiger partial charge in [0.25, 0.3) is 0 Å². The first kappa shape index (κ1) is 21.2. The van der Waals surface area contributed by atoms with Crippen molar-refractivity contribution in [1.29, 1.82) is 0 Å². The molecule has 0 aliphatic carbocycles. The van der Waals surface area contributed by atoms with Gasteiger partial charge >= 0.3 is 0 Å². The first-order valence-corrected chi connectivity index (χ1v) is 11.5. The lowest BCUT2D eigenvalue weighted by Crippen LogP contribution is -2.48. The number of carbonyl (C=O) groups is 1. The molecule has 4 heterocycles. The highest BCUT2D eigenvalue weighted by molar-refractivity contribution is 7.98. The predicted molar refractivity (Wildman–Crippen MR) is 123 cm³/mol. The van der Waals surface area contributed by atoms with Gasteiger partial charge in [0.05, 0.1) is 17.3 Å². The summed E-state index contributed by atoms with van der Waals surface area (Å²) in [6, 6.07) is 0.0519. The SMILES string of the molecule is C=CC(=O)N1CC[C@@H](C)[C@@H](Nc2nc(Nc3cnn(CC)c3)nc3[nH]nc(SC)c23)C1. The molecule has 11 heteroatoms. The maximum Gasteiger partial charge on any atom is 0.246 e. The molecule has 1 amide bonds. The Morgan fingerprint density at radius 3 is 3.00 bits per heavy atom. The number of hydrogen-bond acceptors (Lipinski definition) is 8. The number of carbonyl (C=O) groups excluding carboxylic acids is 1. The smallest absolute Gasteiger partial charge is 0.246 e. The van der Waals surface area contributed by atoms with Crippen molar-refractivity contribution >= 4 is 46.2 Å². The van der Waals surface area contributed by atoms with E-state index in [1.54, 1.807) is 6.20 Å². The van der Waals surface area contributed by atoms with Crippen LogP contribution in [0.4, 0.5) is 17.5 Å². The number of anilines is 3. The summed E-state index contributed by atoms with van der Waals surface area (Å²) in [6.45, 7) is 9.95. The molecular formula is C20H27N9OS. The molecule has 3 aromatic rings. The minimum Gasteiger partial charge on any atom is -0.364 e. The Labute approximate surface area is 184 Å². The summed E-state index contributed by atoms with van der Waals surface area (Å²) >= 11 is 1.53. The molecule has 1 aliphatic heterocycles. The molecule has 164 valence electrons. The van der Waals surface area contributed by atoms with Gasteiger partial charge < -0.3 is 15.5 Å². The number of aryl methyl sites for hydroxylation is 1. The van der Waals surface area contributed by atoms with Crippen LogP contribution in [0.1, 0.15) is 20.3 Å². The lowest BCUT2D eigenvalue weighted by atomic mass is 9.93. The predicted octanol–water partition coefficient (Wildman–Crippen LogP) is 2.87. The van der Waals surface area contributed by atoms with E-state index in [1.165, 1.54) is 17.8 Å². The molecule has 3 aromatic heterocycles. The van der Waals surface area contributed by atoms with Crippen LogP contribution in [0.15, 0.2) is 30.1 Å². The molecule has 0 aromatic carbocycles. The molecule has 4 rings (SSSR count). The Hall–Kier alpha value is -3.08. The molecule has 2 atom stereocenters. The van der Waals surface area contributed by atoms with Gasteiger partial charge in [-0.15, -0.1) is 11.8 Å². The molecule has 1 aliphatic rings. The summed E-state index contributed by atoms with van der Waals surface area (Å²) < 4.78 is 1.83. The van der Waals surface area contributed by atoms with E-state index < -0.39 is 0 Å². The zero-order valence-corrected chi connectivity index (χ0v) is 18.7. The van der Waals surface area contributed by atoms with Crippen LogP contribution in [0.3, 0.4) is 0 Å². The molecule has 1 saturated heterocycles. The molecule has 0 bridgehead atoms. The molecule has 10 nitrogen and oxygen atoms in total. The van der Waals surface area contributed by atoms with Gasteiger partial charge in [0.2, 0.25) is 11.9 Å². The van der Waals surface area contributed by atoms with Gasteiger partial charge in [-0.25, -0.2) is 0 Å². The topological polar surface area (TPSA) is 117 Å². The number of aromatic amines is 1. The summed E-state index contributed by atoms with van der Waals surface area (Å²) in [5, 5.41) is 20.1. The Morgan fingerprint density at radius 1 is 1.45 bits per heavy atom. The zero-order chi connectivity index (χ0) is 22.0. The number of piperidine rings is 1. The van der Waals surface area contributed by atoms with E-state index in [9.17, 15) is 4.79 Å². The van der Waals surface area contributed by atoms with Crippen LogP contribution in [0.5, 0.6) is 0 Å². The quantitative estimate of drug-likeness (QED) is 0.379. The number of fused-ring (bicyclic) bond motifs is 1. The van der Waals surface area contributed by atoms with Crippen molar-refractivity contribution in [3.8, 4) is 0 Å². The van der Waals surface area contributed by atoms with Crippen molar-refractivity contribution in [1.82, 2.24) is 34.8 Å². The molecule has 0 saturated carbocycles. The summed E-state index contributed by atoms with van der Waals surface area (Å²) in [5.74, 6) is 1.47. The number of H-pyrrole nitrogens is 1. The van der Waals surface area contributed by atoms with Crippen LogP contribution in [0.2, 0.25) is 0 Å². The lowest BCUT2D eigenvalue weighted by molar-refractivity contribution is -0.127. The first-order chi connectivity index (χ1) is 15.0. The Bertz CT molecular complexity index is 1090. The Morgan fingerprint density at radius 2 is 2.29 bits per heavy atom. The van der Waals surface area contributed by atoms with E-state index in [-0.39, 0.29) is 11.9 Å². The number of thioether (sulfide) groups is 1. The van der Waals surface area contributed by atoms with Crippen molar-refractivity contribution < 1.29 is 4.79 Å². The van der Waals surface area contributed by atoms with Gasteiger partial charge in [-0.05, 0) is 31.6 Å². The fourth-order valence-electron chi connectivity index (χ4n) is 3.70. The third-order valence-corrected chi connectivity index (χ3v) is 6.24. The van der Waals surface area contributed by atoms with E-state index in [2.05, 4.69) is 44.4 Å². The Kier molecular flexibility index (Phi) is 6.12. The second-order valence-electron chi connectivity index (χ2n) is 7.57. The fourth-order valence-corrected chi connectivity index (χ4v) is 4.24. The third kappa shape index (κ3) is 4.36. The lowest BCUT2D eigenvalue weighted by Gasteiger charge is -2.37. The van der Waals surface area contributed by atoms with Crippen LogP contribution in [-0.4, -0.2) is 66.1 Å². The average molecular weight is 442 g/mol. The van der Waals surface area contributed by atoms with Crippen molar-refractivity contribution in [3.05, 3.63) is 25.0 Å². The number of nitrogens with zero attached hydrogens (tertiary/aromatic N) is 6. The molecule has 3 N–H and O–H groups in total. The van der Waals surface area contributed by atoms with E-state index >= 15 is 0 Å². The Balaban J connectivity index is 1.66. The van der Waals surface area contributed by atoms with Gasteiger partial charge in [0.1, 0.15) is 10.8 Å². The van der Waals surface area contributed by atoms with Crippen LogP contribution >= 0.6 is 11.8 Å². The van der Waals surface area contributed by atoms with Crippen LogP contribution in [-0.2, 0) is 11.3 Å².